The van der Waals surface area contributed by atoms with Gasteiger partial charge in [-0.25, -0.2) is 24.9 Å². The van der Waals surface area contributed by atoms with Gasteiger partial charge >= 0.3 is 0 Å². The van der Waals surface area contributed by atoms with Crippen LogP contribution >= 0.6 is 0 Å². The fourth-order valence-corrected chi connectivity index (χ4v) is 7.92. The van der Waals surface area contributed by atoms with E-state index in [4.69, 9.17) is 38.2 Å². The fourth-order valence-electron chi connectivity index (χ4n) is 7.92. The Morgan fingerprint density at radius 1 is 0.316 bits per heavy atom. The summed E-state index contributed by atoms with van der Waals surface area (Å²) in [5.41, 5.74) is 10.0. The van der Waals surface area contributed by atoms with Gasteiger partial charge in [0.25, 0.3) is 0 Å². The first-order chi connectivity index (χ1) is 28.2. The molecule has 8 nitrogen and oxygen atoms in total. The van der Waals surface area contributed by atoms with Gasteiger partial charge < -0.3 is 13.3 Å². The van der Waals surface area contributed by atoms with Crippen molar-refractivity contribution < 1.29 is 13.3 Å². The molecule has 0 aliphatic rings. The van der Waals surface area contributed by atoms with Crippen LogP contribution in [0, 0.1) is 0 Å². The molecule has 12 rings (SSSR count). The highest BCUT2D eigenvalue weighted by Gasteiger charge is 2.23. The van der Waals surface area contributed by atoms with Gasteiger partial charge in [0, 0.05) is 49.2 Å². The Morgan fingerprint density at radius 3 is 1.65 bits per heavy atom. The van der Waals surface area contributed by atoms with Crippen molar-refractivity contribution in [2.45, 2.75) is 0 Å². The van der Waals surface area contributed by atoms with E-state index in [2.05, 4.69) is 18.2 Å². The zero-order valence-electron chi connectivity index (χ0n) is 30.0. The normalized spacial score (nSPS) is 11.9. The van der Waals surface area contributed by atoms with Crippen LogP contribution in [0.1, 0.15) is 0 Å². The van der Waals surface area contributed by atoms with Crippen LogP contribution in [-0.2, 0) is 0 Å². The van der Waals surface area contributed by atoms with Crippen molar-refractivity contribution in [1.29, 1.82) is 0 Å². The average Bonchev–Trinajstić information content (AvgIpc) is 3.98. The molecule has 5 aromatic heterocycles. The number of fused-ring (bicyclic) bond motifs is 9. The van der Waals surface area contributed by atoms with Crippen molar-refractivity contribution in [3.8, 4) is 56.8 Å². The van der Waals surface area contributed by atoms with Crippen LogP contribution in [0.15, 0.2) is 177 Å². The van der Waals surface area contributed by atoms with Gasteiger partial charge in [-0.1, -0.05) is 115 Å². The summed E-state index contributed by atoms with van der Waals surface area (Å²) in [4.78, 5) is 25.5. The minimum Gasteiger partial charge on any atom is -0.456 e. The molecule has 0 saturated carbocycles. The standard InChI is InChI=1S/C49H27N5O3/c1-3-13-28(14-4-1)46-52-47(29-15-5-2-6-16-29)54-48(53-46)34-20-12-24-40-41(34)33-19-11-21-35(44(33)57-40)49-50-42(45-43(51-49)32-18-8-10-23-38(32)56-45)30-25-26-39-36(27-30)31-17-7-9-22-37(31)55-39/h1-27H. The highest BCUT2D eigenvalue weighted by Crippen LogP contribution is 2.42. The molecule has 5 heterocycles. The second-order valence-electron chi connectivity index (χ2n) is 14.0. The summed E-state index contributed by atoms with van der Waals surface area (Å²) in [5.74, 6) is 2.25. The number of para-hydroxylation sites is 3. The zero-order chi connectivity index (χ0) is 37.5. The molecule has 0 unspecified atom stereocenters. The van der Waals surface area contributed by atoms with Crippen LogP contribution in [0.4, 0.5) is 0 Å². The summed E-state index contributed by atoms with van der Waals surface area (Å²) in [7, 11) is 0. The fraction of sp³-hybridized carbons (Fsp3) is 0. The zero-order valence-corrected chi connectivity index (χ0v) is 30.0. The molecule has 8 heteroatoms. The minimum atomic E-state index is 0.519. The summed E-state index contributed by atoms with van der Waals surface area (Å²) < 4.78 is 19.4. The Morgan fingerprint density at radius 2 is 0.877 bits per heavy atom. The van der Waals surface area contributed by atoms with Gasteiger partial charge in [0.15, 0.2) is 28.9 Å². The Kier molecular flexibility index (Phi) is 6.76. The van der Waals surface area contributed by atoms with Gasteiger partial charge in [-0.15, -0.1) is 0 Å². The van der Waals surface area contributed by atoms with E-state index in [0.717, 1.165) is 77.0 Å². The van der Waals surface area contributed by atoms with E-state index in [-0.39, 0.29) is 0 Å². The monoisotopic (exact) mass is 733 g/mol. The summed E-state index contributed by atoms with van der Waals surface area (Å²) in [6, 6.07) is 54.2. The molecule has 0 spiro atoms. The van der Waals surface area contributed by atoms with Gasteiger partial charge in [-0.2, -0.15) is 0 Å². The minimum absolute atomic E-state index is 0.519. The van der Waals surface area contributed by atoms with Gasteiger partial charge in [-0.3, -0.25) is 0 Å². The van der Waals surface area contributed by atoms with E-state index in [1.807, 2.05) is 146 Å². The van der Waals surface area contributed by atoms with Crippen LogP contribution in [0.5, 0.6) is 0 Å². The van der Waals surface area contributed by atoms with Crippen LogP contribution in [0.2, 0.25) is 0 Å². The number of aromatic nitrogens is 5. The lowest BCUT2D eigenvalue weighted by molar-refractivity contribution is 0.665. The number of nitrogens with zero attached hydrogens (tertiary/aromatic N) is 5. The van der Waals surface area contributed by atoms with Crippen molar-refractivity contribution >= 4 is 65.9 Å². The third-order valence-corrected chi connectivity index (χ3v) is 10.6. The lowest BCUT2D eigenvalue weighted by Gasteiger charge is -2.09. The van der Waals surface area contributed by atoms with E-state index in [1.54, 1.807) is 0 Å². The molecule has 0 N–H and O–H groups in total. The summed E-state index contributed by atoms with van der Waals surface area (Å²) in [6.07, 6.45) is 0. The Labute approximate surface area is 323 Å². The summed E-state index contributed by atoms with van der Waals surface area (Å²) in [5, 5.41) is 4.74. The van der Waals surface area contributed by atoms with Crippen molar-refractivity contribution in [3.05, 3.63) is 164 Å². The number of benzene rings is 7. The molecule has 0 bridgehead atoms. The van der Waals surface area contributed by atoms with E-state index in [1.165, 1.54) is 0 Å². The first-order valence-electron chi connectivity index (χ1n) is 18.7. The first-order valence-corrected chi connectivity index (χ1v) is 18.7. The number of hydrogen-bond donors (Lipinski definition) is 0. The quantitative estimate of drug-likeness (QED) is 0.172. The van der Waals surface area contributed by atoms with E-state index < -0.39 is 0 Å². The molecule has 0 fully saturated rings. The van der Waals surface area contributed by atoms with Crippen molar-refractivity contribution in [3.63, 3.8) is 0 Å². The molecule has 57 heavy (non-hydrogen) atoms. The molecule has 266 valence electrons. The molecule has 0 radical (unpaired) electrons. The van der Waals surface area contributed by atoms with Gasteiger partial charge in [0.05, 0.1) is 5.56 Å². The van der Waals surface area contributed by atoms with Crippen molar-refractivity contribution in [1.82, 2.24) is 24.9 Å². The molecule has 0 amide bonds. The number of furan rings is 3. The van der Waals surface area contributed by atoms with Crippen molar-refractivity contribution in [2.75, 3.05) is 0 Å². The smallest absolute Gasteiger partial charge is 0.180 e. The molecule has 0 atom stereocenters. The topological polar surface area (TPSA) is 104 Å². The highest BCUT2D eigenvalue weighted by atomic mass is 16.3. The Hall–Kier alpha value is -7.97. The van der Waals surface area contributed by atoms with Crippen molar-refractivity contribution in [2.24, 2.45) is 0 Å². The summed E-state index contributed by atoms with van der Waals surface area (Å²) in [6.45, 7) is 0. The third-order valence-electron chi connectivity index (χ3n) is 10.6. The highest BCUT2D eigenvalue weighted by molar-refractivity contribution is 6.15. The van der Waals surface area contributed by atoms with Crippen LogP contribution in [-0.4, -0.2) is 24.9 Å². The maximum absolute atomic E-state index is 6.76. The first kappa shape index (κ1) is 31.4. The van der Waals surface area contributed by atoms with Crippen LogP contribution < -0.4 is 0 Å². The molecular weight excluding hydrogens is 707 g/mol. The molecule has 12 aromatic rings. The van der Waals surface area contributed by atoms with Gasteiger partial charge in [0.1, 0.15) is 39.1 Å². The maximum atomic E-state index is 6.76. The molecule has 0 saturated heterocycles. The average molecular weight is 734 g/mol. The lowest BCUT2D eigenvalue weighted by Crippen LogP contribution is -2.00. The van der Waals surface area contributed by atoms with E-state index >= 15 is 0 Å². The second-order valence-corrected chi connectivity index (χ2v) is 14.0. The molecule has 0 aliphatic carbocycles. The molecule has 7 aromatic carbocycles. The SMILES string of the molecule is c1ccc(-c2nc(-c3ccccc3)nc(-c3cccc4oc5c(-c6nc(-c7ccc8oc9ccccc9c8c7)c7oc8ccccc8c7n6)cccc5c34)n2)cc1. The number of rotatable bonds is 5. The third kappa shape index (κ3) is 4.97. The Balaban J connectivity index is 1.09. The van der Waals surface area contributed by atoms with Gasteiger partial charge in [-0.05, 0) is 48.5 Å². The molecular formula is C49H27N5O3. The van der Waals surface area contributed by atoms with Crippen LogP contribution in [0.25, 0.3) is 123 Å². The lowest BCUT2D eigenvalue weighted by atomic mass is 10.0. The maximum Gasteiger partial charge on any atom is 0.180 e. The largest absolute Gasteiger partial charge is 0.456 e. The van der Waals surface area contributed by atoms with E-state index in [9.17, 15) is 0 Å². The van der Waals surface area contributed by atoms with Crippen LogP contribution in [0.3, 0.4) is 0 Å². The predicted octanol–water partition coefficient (Wildman–Crippen LogP) is 12.7. The van der Waals surface area contributed by atoms with E-state index in [0.29, 0.717) is 45.7 Å². The Bertz CT molecular complexity index is 3480. The molecule has 0 aliphatic heterocycles. The predicted molar refractivity (Wildman–Crippen MR) is 224 cm³/mol. The van der Waals surface area contributed by atoms with Gasteiger partial charge in [0.2, 0.25) is 0 Å². The number of hydrogen-bond acceptors (Lipinski definition) is 8. The summed E-state index contributed by atoms with van der Waals surface area (Å²) >= 11 is 0. The second kappa shape index (κ2) is 12.3.